The molecule has 1 unspecified atom stereocenters. The molecule has 0 aliphatic carbocycles. The molecule has 146 valence electrons. The summed E-state index contributed by atoms with van der Waals surface area (Å²) in [4.78, 5) is 30.4. The van der Waals surface area contributed by atoms with Crippen LogP contribution in [-0.2, 0) is 16.1 Å². The number of aryl methyl sites for hydroxylation is 1. The van der Waals surface area contributed by atoms with Crippen LogP contribution in [-0.4, -0.2) is 53.0 Å². The summed E-state index contributed by atoms with van der Waals surface area (Å²) < 4.78 is 0. The Balaban J connectivity index is 1.30. The van der Waals surface area contributed by atoms with Crippen LogP contribution in [0.5, 0.6) is 0 Å². The molecule has 6 heteroatoms. The molecule has 2 heterocycles. The number of fused-ring (bicyclic) bond motifs is 1. The highest BCUT2D eigenvalue weighted by Gasteiger charge is 2.31. The first-order valence-corrected chi connectivity index (χ1v) is 10.6. The van der Waals surface area contributed by atoms with E-state index in [1.165, 1.54) is 22.9 Å². The van der Waals surface area contributed by atoms with Gasteiger partial charge in [-0.25, -0.2) is 0 Å². The highest BCUT2D eigenvalue weighted by Crippen LogP contribution is 2.36. The first-order valence-electron chi connectivity index (χ1n) is 9.71. The number of carbonyl (C=O) groups is 2. The van der Waals surface area contributed by atoms with Gasteiger partial charge in [-0.3, -0.25) is 14.5 Å². The zero-order valence-electron chi connectivity index (χ0n) is 16.1. The molecule has 2 aliphatic heterocycles. The zero-order valence-corrected chi connectivity index (χ0v) is 16.9. The minimum absolute atomic E-state index is 0.0718. The molecule has 1 atom stereocenters. The molecular formula is C22H25N3O2S. The number of nitrogens with one attached hydrogen (secondary N) is 1. The lowest BCUT2D eigenvalue weighted by molar-refractivity contribution is -0.134. The van der Waals surface area contributed by atoms with E-state index in [2.05, 4.69) is 41.4 Å². The summed E-state index contributed by atoms with van der Waals surface area (Å²) in [5.74, 6) is -0.00203. The molecule has 5 nitrogen and oxygen atoms in total. The molecule has 0 radical (unpaired) electrons. The van der Waals surface area contributed by atoms with Crippen molar-refractivity contribution in [2.75, 3.05) is 31.5 Å². The van der Waals surface area contributed by atoms with Crippen molar-refractivity contribution in [3.8, 4) is 0 Å². The third-order valence-electron chi connectivity index (χ3n) is 5.45. The summed E-state index contributed by atoms with van der Waals surface area (Å²) in [5.41, 5.74) is 3.49. The maximum atomic E-state index is 12.8. The second-order valence-corrected chi connectivity index (χ2v) is 8.62. The van der Waals surface area contributed by atoms with E-state index >= 15 is 0 Å². The molecule has 2 aromatic carbocycles. The molecule has 1 fully saturated rings. The van der Waals surface area contributed by atoms with Gasteiger partial charge in [0.05, 0.1) is 10.9 Å². The second-order valence-electron chi connectivity index (χ2n) is 7.38. The Labute approximate surface area is 170 Å². The molecule has 1 saturated heterocycles. The molecule has 4 rings (SSSR count). The van der Waals surface area contributed by atoms with Gasteiger partial charge in [-0.2, -0.15) is 0 Å². The minimum atomic E-state index is -0.354. The zero-order chi connectivity index (χ0) is 19.5. The number of nitrogens with zero attached hydrogens (tertiary/aromatic N) is 2. The number of hydrogen-bond donors (Lipinski definition) is 1. The lowest BCUT2D eigenvalue weighted by Gasteiger charge is -2.35. The molecule has 1 N–H and O–H groups in total. The van der Waals surface area contributed by atoms with Gasteiger partial charge in [0, 0.05) is 44.0 Å². The third kappa shape index (κ3) is 4.23. The van der Waals surface area contributed by atoms with Gasteiger partial charge in [0.15, 0.2) is 0 Å². The van der Waals surface area contributed by atoms with Crippen molar-refractivity contribution in [3.05, 3.63) is 59.7 Å². The van der Waals surface area contributed by atoms with E-state index < -0.39 is 0 Å². The van der Waals surface area contributed by atoms with Gasteiger partial charge in [-0.1, -0.05) is 36.4 Å². The number of para-hydroxylation sites is 1. The minimum Gasteiger partial charge on any atom is -0.340 e. The number of anilines is 1. The van der Waals surface area contributed by atoms with Gasteiger partial charge in [-0.15, -0.1) is 11.8 Å². The monoisotopic (exact) mass is 395 g/mol. The van der Waals surface area contributed by atoms with Crippen LogP contribution in [0.4, 0.5) is 5.69 Å². The average Bonchev–Trinajstić information content (AvgIpc) is 2.71. The maximum Gasteiger partial charge on any atom is 0.238 e. The van der Waals surface area contributed by atoms with E-state index in [-0.39, 0.29) is 23.5 Å². The molecule has 0 bridgehead atoms. The number of thioether (sulfide) groups is 1. The van der Waals surface area contributed by atoms with Crippen LogP contribution in [0, 0.1) is 6.92 Å². The Hall–Kier alpha value is -2.31. The number of rotatable bonds is 4. The fourth-order valence-corrected chi connectivity index (χ4v) is 4.80. The topological polar surface area (TPSA) is 52.6 Å². The molecule has 2 aliphatic rings. The first kappa shape index (κ1) is 19.0. The van der Waals surface area contributed by atoms with E-state index in [1.54, 1.807) is 0 Å². The van der Waals surface area contributed by atoms with Crippen LogP contribution < -0.4 is 5.32 Å². The lowest BCUT2D eigenvalue weighted by Crippen LogP contribution is -2.49. The number of benzene rings is 2. The van der Waals surface area contributed by atoms with Gasteiger partial charge in [-0.05, 0) is 30.2 Å². The lowest BCUT2D eigenvalue weighted by atomic mass is 10.1. The van der Waals surface area contributed by atoms with Crippen molar-refractivity contribution < 1.29 is 9.59 Å². The fourth-order valence-electron chi connectivity index (χ4n) is 3.70. The van der Waals surface area contributed by atoms with E-state index in [0.717, 1.165) is 43.3 Å². The van der Waals surface area contributed by atoms with E-state index in [1.807, 2.05) is 29.2 Å². The Kier molecular flexibility index (Phi) is 5.69. The van der Waals surface area contributed by atoms with Crippen LogP contribution in [0.15, 0.2) is 53.4 Å². The quantitative estimate of drug-likeness (QED) is 0.864. The molecule has 0 spiro atoms. The van der Waals surface area contributed by atoms with Crippen molar-refractivity contribution in [1.82, 2.24) is 9.80 Å². The van der Waals surface area contributed by atoms with Gasteiger partial charge >= 0.3 is 0 Å². The third-order valence-corrected chi connectivity index (χ3v) is 6.72. The van der Waals surface area contributed by atoms with E-state index in [0.29, 0.717) is 0 Å². The highest BCUT2D eigenvalue weighted by molar-refractivity contribution is 8.01. The summed E-state index contributed by atoms with van der Waals surface area (Å²) in [7, 11) is 0. The number of carbonyl (C=O) groups excluding carboxylic acids is 2. The maximum absolute atomic E-state index is 12.8. The molecule has 0 aromatic heterocycles. The average molecular weight is 396 g/mol. The van der Waals surface area contributed by atoms with Crippen molar-refractivity contribution >= 4 is 29.3 Å². The Morgan fingerprint density at radius 3 is 2.57 bits per heavy atom. The van der Waals surface area contributed by atoms with Crippen LogP contribution in [0.25, 0.3) is 0 Å². The van der Waals surface area contributed by atoms with E-state index in [4.69, 9.17) is 0 Å². The van der Waals surface area contributed by atoms with Crippen LogP contribution in [0.2, 0.25) is 0 Å². The summed E-state index contributed by atoms with van der Waals surface area (Å²) in [6.45, 7) is 6.24. The second kappa shape index (κ2) is 8.37. The molecule has 0 saturated carbocycles. The predicted molar refractivity (Wildman–Crippen MR) is 112 cm³/mol. The SMILES string of the molecule is Cc1ccccc1CN1CCN(C(=O)CC2Sc3ccccc3NC2=O)CC1. The molecule has 28 heavy (non-hydrogen) atoms. The van der Waals surface area contributed by atoms with Crippen molar-refractivity contribution in [2.24, 2.45) is 0 Å². The van der Waals surface area contributed by atoms with Gasteiger partial charge in [0.25, 0.3) is 0 Å². The van der Waals surface area contributed by atoms with Crippen LogP contribution in [0.1, 0.15) is 17.5 Å². The fraction of sp³-hybridized carbons (Fsp3) is 0.364. The van der Waals surface area contributed by atoms with E-state index in [9.17, 15) is 9.59 Å². The standard InChI is InChI=1S/C22H25N3O2S/c1-16-6-2-3-7-17(16)15-24-10-12-25(13-11-24)21(26)14-20-22(27)23-18-8-4-5-9-19(18)28-20/h2-9,20H,10-15H2,1H3,(H,23,27). The van der Waals surface area contributed by atoms with Crippen LogP contribution >= 0.6 is 11.8 Å². The smallest absolute Gasteiger partial charge is 0.238 e. The van der Waals surface area contributed by atoms with Crippen molar-refractivity contribution in [2.45, 2.75) is 30.0 Å². The Morgan fingerprint density at radius 1 is 1.07 bits per heavy atom. The van der Waals surface area contributed by atoms with Gasteiger partial charge < -0.3 is 10.2 Å². The Bertz CT molecular complexity index is 878. The molecular weight excluding hydrogens is 370 g/mol. The molecule has 2 aromatic rings. The summed E-state index contributed by atoms with van der Waals surface area (Å²) in [6.07, 6.45) is 0.253. The summed E-state index contributed by atoms with van der Waals surface area (Å²) in [5, 5.41) is 2.56. The first-order chi connectivity index (χ1) is 13.6. The predicted octanol–water partition coefficient (Wildman–Crippen LogP) is 3.14. The summed E-state index contributed by atoms with van der Waals surface area (Å²) in [6, 6.07) is 16.2. The van der Waals surface area contributed by atoms with Crippen LogP contribution in [0.3, 0.4) is 0 Å². The highest BCUT2D eigenvalue weighted by atomic mass is 32.2. The summed E-state index contributed by atoms with van der Waals surface area (Å²) >= 11 is 1.49. The number of hydrogen-bond acceptors (Lipinski definition) is 4. The Morgan fingerprint density at radius 2 is 1.79 bits per heavy atom. The molecule has 2 amide bonds. The van der Waals surface area contributed by atoms with Crippen molar-refractivity contribution in [1.29, 1.82) is 0 Å². The van der Waals surface area contributed by atoms with Gasteiger partial charge in [0.1, 0.15) is 0 Å². The number of amides is 2. The van der Waals surface area contributed by atoms with Gasteiger partial charge in [0.2, 0.25) is 11.8 Å². The largest absolute Gasteiger partial charge is 0.340 e. The van der Waals surface area contributed by atoms with Crippen molar-refractivity contribution in [3.63, 3.8) is 0 Å². The number of piperazine rings is 1. The normalized spacial score (nSPS) is 19.8.